The Labute approximate surface area is 220 Å². The Morgan fingerprint density at radius 3 is 2.24 bits per heavy atom. The van der Waals surface area contributed by atoms with Crippen LogP contribution >= 0.6 is 0 Å². The molecule has 2 amide bonds. The molecule has 0 atom stereocenters. The molecule has 0 unspecified atom stereocenters. The second kappa shape index (κ2) is 12.5. The molecule has 10 heteroatoms. The van der Waals surface area contributed by atoms with Gasteiger partial charge in [0.15, 0.2) is 0 Å². The third-order valence-corrected chi connectivity index (χ3v) is 8.97. The highest BCUT2D eigenvalue weighted by molar-refractivity contribution is 7.89. The number of sulfonamides is 1. The van der Waals surface area contributed by atoms with E-state index in [4.69, 9.17) is 4.74 Å². The summed E-state index contributed by atoms with van der Waals surface area (Å²) in [5.41, 5.74) is 2.25. The first-order valence-electron chi connectivity index (χ1n) is 12.5. The van der Waals surface area contributed by atoms with E-state index < -0.39 is 10.0 Å². The lowest BCUT2D eigenvalue weighted by Crippen LogP contribution is -2.36. The van der Waals surface area contributed by atoms with Gasteiger partial charge in [0.1, 0.15) is 5.75 Å². The van der Waals surface area contributed by atoms with E-state index in [1.165, 1.54) is 18.5 Å². The van der Waals surface area contributed by atoms with Gasteiger partial charge in [0.25, 0.3) is 5.91 Å². The molecular formula is C27H38N4O5S. The summed E-state index contributed by atoms with van der Waals surface area (Å²) in [4.78, 5) is 27.5. The highest BCUT2D eigenvalue weighted by atomic mass is 32.2. The summed E-state index contributed by atoms with van der Waals surface area (Å²) in [7, 11) is 1.33. The monoisotopic (exact) mass is 530 g/mol. The number of nitrogens with one attached hydrogen (secondary N) is 2. The van der Waals surface area contributed by atoms with Crippen LogP contribution in [0.4, 0.5) is 5.69 Å². The molecule has 1 fully saturated rings. The molecule has 2 aromatic rings. The molecular weight excluding hydrogens is 492 g/mol. The van der Waals surface area contributed by atoms with Gasteiger partial charge in [0.2, 0.25) is 15.9 Å². The van der Waals surface area contributed by atoms with Gasteiger partial charge in [-0.25, -0.2) is 12.7 Å². The predicted molar refractivity (Wildman–Crippen MR) is 145 cm³/mol. The number of piperidine rings is 1. The van der Waals surface area contributed by atoms with E-state index in [1.54, 1.807) is 50.2 Å². The van der Waals surface area contributed by atoms with Crippen molar-refractivity contribution in [2.45, 2.75) is 38.0 Å². The van der Waals surface area contributed by atoms with Gasteiger partial charge in [-0.3, -0.25) is 9.59 Å². The van der Waals surface area contributed by atoms with Crippen LogP contribution in [-0.4, -0.2) is 76.8 Å². The average Bonchev–Trinajstić information content (AvgIpc) is 2.86. The summed E-state index contributed by atoms with van der Waals surface area (Å²) < 4.78 is 32.7. The molecule has 9 nitrogen and oxygen atoms in total. The number of aryl methyl sites for hydroxylation is 2. The van der Waals surface area contributed by atoms with Crippen LogP contribution < -0.4 is 15.4 Å². The number of ether oxygens (including phenoxy) is 1. The first kappa shape index (κ1) is 28.6. The number of benzene rings is 2. The summed E-state index contributed by atoms with van der Waals surface area (Å²) in [5.74, 6) is 0.646. The van der Waals surface area contributed by atoms with Crippen molar-refractivity contribution in [3.63, 3.8) is 0 Å². The first-order valence-corrected chi connectivity index (χ1v) is 13.9. The molecule has 0 aliphatic carbocycles. The van der Waals surface area contributed by atoms with Crippen LogP contribution in [0.3, 0.4) is 0 Å². The minimum absolute atomic E-state index is 0.0111. The summed E-state index contributed by atoms with van der Waals surface area (Å²) in [5, 5.41) is 5.77. The van der Waals surface area contributed by atoms with Crippen molar-refractivity contribution >= 4 is 27.5 Å². The smallest absolute Gasteiger partial charge is 0.251 e. The Morgan fingerprint density at radius 1 is 1.08 bits per heavy atom. The Kier molecular flexibility index (Phi) is 9.69. The zero-order chi connectivity index (χ0) is 27.2. The lowest BCUT2D eigenvalue weighted by atomic mass is 9.97. The van der Waals surface area contributed by atoms with E-state index in [-0.39, 0.29) is 29.7 Å². The van der Waals surface area contributed by atoms with E-state index in [0.29, 0.717) is 40.6 Å². The van der Waals surface area contributed by atoms with Crippen molar-refractivity contribution in [2.24, 2.45) is 5.92 Å². The standard InChI is InChI=1S/C27H38N4O5S/c1-19-16-24(36-5)17-20(2)26(19)37(34,35)31(4)15-12-25(32)29-23-8-6-22(7-9-23)27(33)28-18-21-10-13-30(3)14-11-21/h6-9,16-17,21H,10-15,18H2,1-5H3,(H,28,33)(H,29,32). The SMILES string of the molecule is COc1cc(C)c(S(=O)(=O)N(C)CCC(=O)Nc2ccc(C(=O)NCC3CCN(C)CC3)cc2)c(C)c1. The first-order chi connectivity index (χ1) is 17.5. The van der Waals surface area contributed by atoms with Crippen LogP contribution in [0.25, 0.3) is 0 Å². The van der Waals surface area contributed by atoms with Crippen molar-refractivity contribution in [1.29, 1.82) is 0 Å². The molecule has 3 rings (SSSR count). The van der Waals surface area contributed by atoms with Crippen LogP contribution in [0.15, 0.2) is 41.3 Å². The van der Waals surface area contributed by atoms with Gasteiger partial charge in [-0.15, -0.1) is 0 Å². The Balaban J connectivity index is 1.50. The number of amides is 2. The van der Waals surface area contributed by atoms with Crippen molar-refractivity contribution < 1.29 is 22.7 Å². The molecule has 2 N–H and O–H groups in total. The summed E-state index contributed by atoms with van der Waals surface area (Å²) >= 11 is 0. The van der Waals surface area contributed by atoms with Gasteiger partial charge in [0.05, 0.1) is 12.0 Å². The summed E-state index contributed by atoms with van der Waals surface area (Å²) in [6.07, 6.45) is 2.15. The van der Waals surface area contributed by atoms with Crippen molar-refractivity contribution in [2.75, 3.05) is 52.7 Å². The molecule has 1 saturated heterocycles. The highest BCUT2D eigenvalue weighted by Gasteiger charge is 2.26. The van der Waals surface area contributed by atoms with Crippen molar-refractivity contribution in [3.8, 4) is 5.75 Å². The molecule has 2 aromatic carbocycles. The molecule has 202 valence electrons. The number of hydrogen-bond donors (Lipinski definition) is 2. The minimum Gasteiger partial charge on any atom is -0.497 e. The van der Waals surface area contributed by atoms with Crippen LogP contribution in [-0.2, 0) is 14.8 Å². The number of likely N-dealkylation sites (tertiary alicyclic amines) is 1. The van der Waals surface area contributed by atoms with Gasteiger partial charge in [-0.1, -0.05) is 0 Å². The number of methoxy groups -OCH3 is 1. The van der Waals surface area contributed by atoms with Gasteiger partial charge >= 0.3 is 0 Å². The van der Waals surface area contributed by atoms with Crippen LogP contribution in [0.5, 0.6) is 5.75 Å². The molecule has 37 heavy (non-hydrogen) atoms. The Hall–Kier alpha value is -2.95. The lowest BCUT2D eigenvalue weighted by molar-refractivity contribution is -0.116. The van der Waals surface area contributed by atoms with Crippen LogP contribution in [0.2, 0.25) is 0 Å². The second-order valence-electron chi connectivity index (χ2n) is 9.75. The Bertz CT molecular complexity index is 1180. The molecule has 0 bridgehead atoms. The fourth-order valence-electron chi connectivity index (χ4n) is 4.50. The fraction of sp³-hybridized carbons (Fsp3) is 0.481. The second-order valence-corrected chi connectivity index (χ2v) is 11.7. The number of nitrogens with zero attached hydrogens (tertiary/aromatic N) is 2. The van der Waals surface area contributed by atoms with E-state index in [0.717, 1.165) is 25.9 Å². The highest BCUT2D eigenvalue weighted by Crippen LogP contribution is 2.28. The van der Waals surface area contributed by atoms with Gasteiger partial charge in [0, 0.05) is 37.8 Å². The van der Waals surface area contributed by atoms with Crippen LogP contribution in [0.1, 0.15) is 40.7 Å². The lowest BCUT2D eigenvalue weighted by Gasteiger charge is -2.28. The maximum atomic E-state index is 13.1. The molecule has 1 aliphatic rings. The van der Waals surface area contributed by atoms with Crippen LogP contribution in [0, 0.1) is 19.8 Å². The average molecular weight is 531 g/mol. The Morgan fingerprint density at radius 2 is 1.68 bits per heavy atom. The van der Waals surface area contributed by atoms with Gasteiger partial charge < -0.3 is 20.3 Å². The van der Waals surface area contributed by atoms with Crippen molar-refractivity contribution in [1.82, 2.24) is 14.5 Å². The molecule has 1 aliphatic heterocycles. The summed E-state index contributed by atoms with van der Waals surface area (Å²) in [6, 6.07) is 10.1. The molecule has 1 heterocycles. The quantitative estimate of drug-likeness (QED) is 0.489. The largest absolute Gasteiger partial charge is 0.497 e. The zero-order valence-corrected chi connectivity index (χ0v) is 23.2. The number of hydrogen-bond acceptors (Lipinski definition) is 6. The number of rotatable bonds is 10. The molecule has 0 spiro atoms. The number of carbonyl (C=O) groups is 2. The normalized spacial score (nSPS) is 15.0. The molecule has 0 aromatic heterocycles. The van der Waals surface area contributed by atoms with Crippen molar-refractivity contribution in [3.05, 3.63) is 53.1 Å². The fourth-order valence-corrected chi connectivity index (χ4v) is 6.08. The van der Waals surface area contributed by atoms with Gasteiger partial charge in [-0.2, -0.15) is 0 Å². The maximum absolute atomic E-state index is 13.1. The summed E-state index contributed by atoms with van der Waals surface area (Å²) in [6.45, 7) is 6.24. The van der Waals surface area contributed by atoms with E-state index in [2.05, 4.69) is 22.6 Å². The number of carbonyl (C=O) groups excluding carboxylic acids is 2. The third-order valence-electron chi connectivity index (χ3n) is 6.81. The minimum atomic E-state index is -3.77. The third kappa shape index (κ3) is 7.53. The van der Waals surface area contributed by atoms with E-state index >= 15 is 0 Å². The zero-order valence-electron chi connectivity index (χ0n) is 22.3. The predicted octanol–water partition coefficient (Wildman–Crippen LogP) is 3.03. The molecule has 0 saturated carbocycles. The van der Waals surface area contributed by atoms with E-state index in [1.807, 2.05) is 0 Å². The maximum Gasteiger partial charge on any atom is 0.251 e. The number of anilines is 1. The van der Waals surface area contributed by atoms with E-state index in [9.17, 15) is 18.0 Å². The van der Waals surface area contributed by atoms with Gasteiger partial charge in [-0.05, 0) is 100 Å². The topological polar surface area (TPSA) is 108 Å². The molecule has 0 radical (unpaired) electrons.